The largest absolute Gasteiger partial charge is 0.496 e. The van der Waals surface area contributed by atoms with Crippen LogP contribution in [-0.2, 0) is 0 Å². The van der Waals surface area contributed by atoms with E-state index in [-0.39, 0.29) is 11.9 Å². The molecule has 2 nitrogen and oxygen atoms in total. The lowest BCUT2D eigenvalue weighted by molar-refractivity contribution is 0.395. The second-order valence-corrected chi connectivity index (χ2v) is 4.48. The SMILES string of the molecule is COc1cccc(F)c1C(N)CCC1CC1. The molecule has 0 saturated heterocycles. The molecular weight excluding hydrogens is 205 g/mol. The first-order chi connectivity index (χ1) is 7.72. The van der Waals surface area contributed by atoms with Gasteiger partial charge in [0.25, 0.3) is 0 Å². The average Bonchev–Trinajstić information content (AvgIpc) is 3.09. The number of benzene rings is 1. The summed E-state index contributed by atoms with van der Waals surface area (Å²) in [5.41, 5.74) is 6.55. The molecule has 1 aromatic rings. The molecule has 0 bridgehead atoms. The number of hydrogen-bond donors (Lipinski definition) is 1. The summed E-state index contributed by atoms with van der Waals surface area (Å²) in [6, 6.07) is 4.59. The molecule has 0 radical (unpaired) electrons. The van der Waals surface area contributed by atoms with Crippen molar-refractivity contribution in [1.29, 1.82) is 0 Å². The molecule has 16 heavy (non-hydrogen) atoms. The maximum absolute atomic E-state index is 13.7. The summed E-state index contributed by atoms with van der Waals surface area (Å²) in [6.45, 7) is 0. The van der Waals surface area contributed by atoms with Crippen molar-refractivity contribution < 1.29 is 9.13 Å². The number of hydrogen-bond acceptors (Lipinski definition) is 2. The standard InChI is InChI=1S/C13H18FNO/c1-16-12-4-2-3-10(14)13(12)11(15)8-7-9-5-6-9/h2-4,9,11H,5-8,15H2,1H3. The molecule has 1 aliphatic carbocycles. The Kier molecular flexibility index (Phi) is 3.44. The Morgan fingerprint density at radius 3 is 2.88 bits per heavy atom. The lowest BCUT2D eigenvalue weighted by Crippen LogP contribution is -2.13. The van der Waals surface area contributed by atoms with Gasteiger partial charge in [0.15, 0.2) is 0 Å². The monoisotopic (exact) mass is 223 g/mol. The molecule has 2 N–H and O–H groups in total. The van der Waals surface area contributed by atoms with Crippen LogP contribution in [0.15, 0.2) is 18.2 Å². The molecular formula is C13H18FNO. The molecule has 1 aromatic carbocycles. The van der Waals surface area contributed by atoms with Crippen molar-refractivity contribution in [2.45, 2.75) is 31.7 Å². The first kappa shape index (κ1) is 11.4. The zero-order chi connectivity index (χ0) is 11.5. The molecule has 88 valence electrons. The number of nitrogens with two attached hydrogens (primary N) is 1. The maximum Gasteiger partial charge on any atom is 0.131 e. The lowest BCUT2D eigenvalue weighted by Gasteiger charge is -2.16. The lowest BCUT2D eigenvalue weighted by atomic mass is 10.00. The maximum atomic E-state index is 13.7. The number of halogens is 1. The zero-order valence-corrected chi connectivity index (χ0v) is 9.58. The third-order valence-corrected chi connectivity index (χ3v) is 3.19. The van der Waals surface area contributed by atoms with Gasteiger partial charge in [0.2, 0.25) is 0 Å². The molecule has 0 aliphatic heterocycles. The van der Waals surface area contributed by atoms with Gasteiger partial charge in [-0.05, 0) is 30.9 Å². The smallest absolute Gasteiger partial charge is 0.131 e. The van der Waals surface area contributed by atoms with Gasteiger partial charge in [0.05, 0.1) is 7.11 Å². The average molecular weight is 223 g/mol. The molecule has 3 heteroatoms. The van der Waals surface area contributed by atoms with E-state index < -0.39 is 0 Å². The van der Waals surface area contributed by atoms with Gasteiger partial charge < -0.3 is 10.5 Å². The Morgan fingerprint density at radius 1 is 1.50 bits per heavy atom. The van der Waals surface area contributed by atoms with Gasteiger partial charge in [-0.1, -0.05) is 18.9 Å². The van der Waals surface area contributed by atoms with E-state index in [0.717, 1.165) is 18.8 Å². The Bertz CT molecular complexity index is 363. The molecule has 0 heterocycles. The van der Waals surface area contributed by atoms with E-state index in [2.05, 4.69) is 0 Å². The van der Waals surface area contributed by atoms with Crippen LogP contribution >= 0.6 is 0 Å². The summed E-state index contributed by atoms with van der Waals surface area (Å²) >= 11 is 0. The van der Waals surface area contributed by atoms with E-state index in [4.69, 9.17) is 10.5 Å². The van der Waals surface area contributed by atoms with Crippen molar-refractivity contribution in [3.8, 4) is 5.75 Å². The first-order valence-corrected chi connectivity index (χ1v) is 5.80. The fraction of sp³-hybridized carbons (Fsp3) is 0.538. The summed E-state index contributed by atoms with van der Waals surface area (Å²) in [6.07, 6.45) is 4.54. The van der Waals surface area contributed by atoms with Crippen molar-refractivity contribution in [3.05, 3.63) is 29.6 Å². The van der Waals surface area contributed by atoms with E-state index in [9.17, 15) is 4.39 Å². The molecule has 0 spiro atoms. The van der Waals surface area contributed by atoms with Crippen LogP contribution in [0.2, 0.25) is 0 Å². The highest BCUT2D eigenvalue weighted by Crippen LogP contribution is 2.37. The van der Waals surface area contributed by atoms with E-state index in [1.807, 2.05) is 0 Å². The topological polar surface area (TPSA) is 35.2 Å². The molecule has 1 atom stereocenters. The van der Waals surface area contributed by atoms with Crippen LogP contribution < -0.4 is 10.5 Å². The van der Waals surface area contributed by atoms with Gasteiger partial charge >= 0.3 is 0 Å². The van der Waals surface area contributed by atoms with Gasteiger partial charge in [0.1, 0.15) is 11.6 Å². The molecule has 1 saturated carbocycles. The molecule has 0 amide bonds. The summed E-state index contributed by atoms with van der Waals surface area (Å²) < 4.78 is 18.8. The molecule has 2 rings (SSSR count). The van der Waals surface area contributed by atoms with Crippen molar-refractivity contribution in [2.75, 3.05) is 7.11 Å². The second kappa shape index (κ2) is 4.83. The van der Waals surface area contributed by atoms with Crippen molar-refractivity contribution in [2.24, 2.45) is 11.7 Å². The number of ether oxygens (including phenoxy) is 1. The highest BCUT2D eigenvalue weighted by molar-refractivity contribution is 5.37. The minimum absolute atomic E-state index is 0.253. The molecule has 0 aromatic heterocycles. The van der Waals surface area contributed by atoms with E-state index in [0.29, 0.717) is 11.3 Å². The van der Waals surface area contributed by atoms with Gasteiger partial charge in [-0.25, -0.2) is 4.39 Å². The van der Waals surface area contributed by atoms with Gasteiger partial charge in [-0.2, -0.15) is 0 Å². The predicted molar refractivity (Wildman–Crippen MR) is 61.8 cm³/mol. The van der Waals surface area contributed by atoms with Gasteiger partial charge in [-0.3, -0.25) is 0 Å². The van der Waals surface area contributed by atoms with Crippen LogP contribution in [0.1, 0.15) is 37.3 Å². The highest BCUT2D eigenvalue weighted by Gasteiger charge is 2.24. The van der Waals surface area contributed by atoms with Crippen LogP contribution in [0.4, 0.5) is 4.39 Å². The number of rotatable bonds is 5. The number of methoxy groups -OCH3 is 1. The fourth-order valence-electron chi connectivity index (χ4n) is 2.02. The van der Waals surface area contributed by atoms with Crippen LogP contribution in [-0.4, -0.2) is 7.11 Å². The molecule has 1 unspecified atom stereocenters. The van der Waals surface area contributed by atoms with Crippen molar-refractivity contribution in [1.82, 2.24) is 0 Å². The summed E-state index contributed by atoms with van der Waals surface area (Å²) in [5.74, 6) is 1.12. The second-order valence-electron chi connectivity index (χ2n) is 4.48. The Balaban J connectivity index is 2.09. The van der Waals surface area contributed by atoms with Crippen molar-refractivity contribution in [3.63, 3.8) is 0 Å². The summed E-state index contributed by atoms with van der Waals surface area (Å²) in [5, 5.41) is 0. The third-order valence-electron chi connectivity index (χ3n) is 3.19. The molecule has 1 fully saturated rings. The van der Waals surface area contributed by atoms with Crippen LogP contribution in [0, 0.1) is 11.7 Å². The quantitative estimate of drug-likeness (QED) is 0.832. The third kappa shape index (κ3) is 2.53. The Labute approximate surface area is 95.6 Å². The summed E-state index contributed by atoms with van der Waals surface area (Å²) in [4.78, 5) is 0. The zero-order valence-electron chi connectivity index (χ0n) is 9.58. The normalized spacial score (nSPS) is 17.2. The van der Waals surface area contributed by atoms with E-state index >= 15 is 0 Å². The van der Waals surface area contributed by atoms with E-state index in [1.165, 1.54) is 18.9 Å². The predicted octanol–water partition coefficient (Wildman–Crippen LogP) is 3.02. The molecule has 1 aliphatic rings. The minimum atomic E-state index is -0.261. The Morgan fingerprint density at radius 2 is 2.25 bits per heavy atom. The van der Waals surface area contributed by atoms with Crippen LogP contribution in [0.5, 0.6) is 5.75 Å². The van der Waals surface area contributed by atoms with E-state index in [1.54, 1.807) is 19.2 Å². The first-order valence-electron chi connectivity index (χ1n) is 5.80. The van der Waals surface area contributed by atoms with Gasteiger partial charge in [0, 0.05) is 11.6 Å². The van der Waals surface area contributed by atoms with Crippen LogP contribution in [0.3, 0.4) is 0 Å². The van der Waals surface area contributed by atoms with Crippen molar-refractivity contribution >= 4 is 0 Å². The highest BCUT2D eigenvalue weighted by atomic mass is 19.1. The van der Waals surface area contributed by atoms with Crippen LogP contribution in [0.25, 0.3) is 0 Å². The Hall–Kier alpha value is -1.09. The van der Waals surface area contributed by atoms with Gasteiger partial charge in [-0.15, -0.1) is 0 Å². The fourth-order valence-corrected chi connectivity index (χ4v) is 2.02. The minimum Gasteiger partial charge on any atom is -0.496 e. The summed E-state index contributed by atoms with van der Waals surface area (Å²) in [7, 11) is 1.55.